The lowest BCUT2D eigenvalue weighted by Crippen LogP contribution is -2.37. The highest BCUT2D eigenvalue weighted by Gasteiger charge is 2.19. The predicted octanol–water partition coefficient (Wildman–Crippen LogP) is 4.75. The molecule has 160 valence electrons. The van der Waals surface area contributed by atoms with Crippen molar-refractivity contribution in [3.63, 3.8) is 0 Å². The Morgan fingerprint density at radius 1 is 0.812 bits per heavy atom. The van der Waals surface area contributed by atoms with E-state index in [9.17, 15) is 9.59 Å². The maximum atomic E-state index is 13.0. The fraction of sp³-hybridized carbons (Fsp3) is 0.179. The third kappa shape index (κ3) is 4.75. The Morgan fingerprint density at radius 2 is 1.41 bits per heavy atom. The zero-order valence-electron chi connectivity index (χ0n) is 18.5. The van der Waals surface area contributed by atoms with Crippen molar-refractivity contribution in [1.82, 2.24) is 4.57 Å². The second-order valence-electron chi connectivity index (χ2n) is 8.05. The summed E-state index contributed by atoms with van der Waals surface area (Å²) in [6.07, 6.45) is 4.52. The number of aromatic nitrogens is 2. The predicted molar refractivity (Wildman–Crippen MR) is 125 cm³/mol. The first-order valence-electron chi connectivity index (χ1n) is 10.9. The number of carbonyl (C=O) groups excluding carboxylic acids is 2. The van der Waals surface area contributed by atoms with Gasteiger partial charge < -0.3 is 4.57 Å². The smallest absolute Gasteiger partial charge is 0.229 e. The van der Waals surface area contributed by atoms with Crippen molar-refractivity contribution in [3.05, 3.63) is 125 Å². The van der Waals surface area contributed by atoms with Crippen LogP contribution in [0.2, 0.25) is 0 Å². The van der Waals surface area contributed by atoms with Crippen LogP contribution < -0.4 is 4.57 Å². The number of aryl methyl sites for hydroxylation is 2. The SMILES string of the molecule is Cc1cc(C(=O)C[n+]2ccc(C(=O)c3ccccc3)cc2)c(C)n1CCc1ccccc1. The van der Waals surface area contributed by atoms with E-state index < -0.39 is 0 Å². The first-order chi connectivity index (χ1) is 15.5. The third-order valence-corrected chi connectivity index (χ3v) is 5.86. The first-order valence-corrected chi connectivity index (χ1v) is 10.9. The molecule has 0 saturated heterocycles. The van der Waals surface area contributed by atoms with Crippen molar-refractivity contribution in [1.29, 1.82) is 0 Å². The topological polar surface area (TPSA) is 42.9 Å². The van der Waals surface area contributed by atoms with Crippen LogP contribution in [0.15, 0.2) is 91.3 Å². The molecule has 4 heteroatoms. The molecule has 4 rings (SSSR count). The van der Waals surface area contributed by atoms with E-state index in [1.54, 1.807) is 36.7 Å². The maximum absolute atomic E-state index is 13.0. The van der Waals surface area contributed by atoms with Crippen LogP contribution in [-0.2, 0) is 19.5 Å². The lowest BCUT2D eigenvalue weighted by molar-refractivity contribution is -0.683. The van der Waals surface area contributed by atoms with Gasteiger partial charge in [0, 0.05) is 46.8 Å². The molecule has 0 N–H and O–H groups in total. The highest BCUT2D eigenvalue weighted by Crippen LogP contribution is 2.17. The molecule has 0 unspecified atom stereocenters. The Balaban J connectivity index is 1.44. The Bertz CT molecular complexity index is 1220. The molecule has 4 aromatic rings. The van der Waals surface area contributed by atoms with Gasteiger partial charge >= 0.3 is 0 Å². The molecule has 2 aromatic heterocycles. The highest BCUT2D eigenvalue weighted by atomic mass is 16.1. The van der Waals surface area contributed by atoms with E-state index in [0.29, 0.717) is 11.1 Å². The second kappa shape index (κ2) is 9.56. The van der Waals surface area contributed by atoms with Gasteiger partial charge in [-0.05, 0) is 31.9 Å². The van der Waals surface area contributed by atoms with E-state index in [4.69, 9.17) is 0 Å². The standard InChI is InChI=1S/C28H27N2O2/c1-21-19-26(22(2)30(21)18-13-23-9-5-3-6-10-23)27(31)20-29-16-14-25(15-17-29)28(32)24-11-7-4-8-12-24/h3-12,14-17,19H,13,18,20H2,1-2H3/q+1. The van der Waals surface area contributed by atoms with Crippen LogP contribution in [0.25, 0.3) is 0 Å². The average molecular weight is 424 g/mol. The van der Waals surface area contributed by atoms with Gasteiger partial charge in [0.25, 0.3) is 0 Å². The van der Waals surface area contributed by atoms with E-state index in [2.05, 4.69) is 28.8 Å². The van der Waals surface area contributed by atoms with Gasteiger partial charge in [0.1, 0.15) is 0 Å². The van der Waals surface area contributed by atoms with Crippen molar-refractivity contribution < 1.29 is 14.2 Å². The summed E-state index contributed by atoms with van der Waals surface area (Å²) in [6, 6.07) is 25.1. The van der Waals surface area contributed by atoms with Gasteiger partial charge in [-0.3, -0.25) is 9.59 Å². The Labute approximate surface area is 188 Å². The quantitative estimate of drug-likeness (QED) is 0.303. The summed E-state index contributed by atoms with van der Waals surface area (Å²) in [6.45, 7) is 5.14. The summed E-state index contributed by atoms with van der Waals surface area (Å²) in [5, 5.41) is 0. The fourth-order valence-electron chi connectivity index (χ4n) is 4.03. The van der Waals surface area contributed by atoms with E-state index in [1.165, 1.54) is 5.56 Å². The van der Waals surface area contributed by atoms with Crippen LogP contribution in [0.1, 0.15) is 43.2 Å². The molecular formula is C28H27N2O2+. The number of hydrogen-bond donors (Lipinski definition) is 0. The van der Waals surface area contributed by atoms with Gasteiger partial charge in [-0.1, -0.05) is 60.7 Å². The summed E-state index contributed by atoms with van der Waals surface area (Å²) < 4.78 is 4.03. The van der Waals surface area contributed by atoms with Gasteiger partial charge in [0.05, 0.1) is 0 Å². The van der Waals surface area contributed by atoms with Crippen LogP contribution >= 0.6 is 0 Å². The number of nitrogens with zero attached hydrogens (tertiary/aromatic N) is 2. The van der Waals surface area contributed by atoms with E-state index in [0.717, 1.165) is 29.9 Å². The molecule has 0 radical (unpaired) electrons. The normalized spacial score (nSPS) is 10.8. The number of Topliss-reactive ketones (excluding diaryl/α,β-unsaturated/α-hetero) is 1. The molecule has 0 saturated carbocycles. The molecule has 0 spiro atoms. The molecule has 2 heterocycles. The third-order valence-electron chi connectivity index (χ3n) is 5.86. The molecule has 0 atom stereocenters. The number of pyridine rings is 1. The Hall–Kier alpha value is -3.79. The van der Waals surface area contributed by atoms with Crippen LogP contribution in [0, 0.1) is 13.8 Å². The molecule has 0 aliphatic heterocycles. The van der Waals surface area contributed by atoms with Crippen LogP contribution in [0.3, 0.4) is 0 Å². The molecule has 0 aliphatic carbocycles. The summed E-state index contributed by atoms with van der Waals surface area (Å²) in [7, 11) is 0. The molecule has 32 heavy (non-hydrogen) atoms. The number of rotatable bonds is 8. The molecule has 0 aliphatic rings. The maximum Gasteiger partial charge on any atom is 0.229 e. The summed E-state index contributed by atoms with van der Waals surface area (Å²) in [5.74, 6) is 0.0437. The molecule has 2 aromatic carbocycles. The number of ketones is 2. The van der Waals surface area contributed by atoms with E-state index in [-0.39, 0.29) is 18.1 Å². The van der Waals surface area contributed by atoms with E-state index >= 15 is 0 Å². The van der Waals surface area contributed by atoms with Crippen LogP contribution in [0.5, 0.6) is 0 Å². The van der Waals surface area contributed by atoms with Crippen LogP contribution in [0.4, 0.5) is 0 Å². The van der Waals surface area contributed by atoms with E-state index in [1.807, 2.05) is 48.7 Å². The van der Waals surface area contributed by atoms with Crippen molar-refractivity contribution in [2.24, 2.45) is 0 Å². The minimum absolute atomic E-state index is 0.0222. The molecular weight excluding hydrogens is 396 g/mol. The van der Waals surface area contributed by atoms with Crippen LogP contribution in [-0.4, -0.2) is 16.1 Å². The van der Waals surface area contributed by atoms with Crippen molar-refractivity contribution in [3.8, 4) is 0 Å². The first kappa shape index (κ1) is 21.4. The molecule has 4 nitrogen and oxygen atoms in total. The minimum Gasteiger partial charge on any atom is -0.348 e. The van der Waals surface area contributed by atoms with Gasteiger partial charge in [-0.15, -0.1) is 0 Å². The summed E-state index contributed by atoms with van der Waals surface area (Å²) >= 11 is 0. The Morgan fingerprint density at radius 3 is 2.06 bits per heavy atom. The Kier molecular flexibility index (Phi) is 6.41. The van der Waals surface area contributed by atoms with Crippen molar-refractivity contribution >= 4 is 11.6 Å². The molecule has 0 amide bonds. The molecule has 0 fully saturated rings. The van der Waals surface area contributed by atoms with Gasteiger partial charge in [0.2, 0.25) is 12.3 Å². The van der Waals surface area contributed by atoms with Crippen molar-refractivity contribution in [2.75, 3.05) is 0 Å². The average Bonchev–Trinajstić information content (AvgIpc) is 3.12. The zero-order valence-corrected chi connectivity index (χ0v) is 18.5. The number of benzene rings is 2. The highest BCUT2D eigenvalue weighted by molar-refractivity contribution is 6.08. The molecule has 0 bridgehead atoms. The fourth-order valence-corrected chi connectivity index (χ4v) is 4.03. The van der Waals surface area contributed by atoms with Crippen molar-refractivity contribution in [2.45, 2.75) is 33.4 Å². The van der Waals surface area contributed by atoms with Gasteiger partial charge in [-0.2, -0.15) is 4.57 Å². The number of hydrogen-bond acceptors (Lipinski definition) is 2. The summed E-state index contributed by atoms with van der Waals surface area (Å²) in [4.78, 5) is 25.6. The lowest BCUT2D eigenvalue weighted by Gasteiger charge is -2.09. The largest absolute Gasteiger partial charge is 0.348 e. The lowest BCUT2D eigenvalue weighted by atomic mass is 10.0. The zero-order chi connectivity index (χ0) is 22.5. The number of carbonyl (C=O) groups is 2. The summed E-state index contributed by atoms with van der Waals surface area (Å²) in [5.41, 5.74) is 5.40. The monoisotopic (exact) mass is 423 g/mol. The minimum atomic E-state index is -0.0222. The van der Waals surface area contributed by atoms with Gasteiger partial charge in [-0.25, -0.2) is 0 Å². The second-order valence-corrected chi connectivity index (χ2v) is 8.05. The van der Waals surface area contributed by atoms with Gasteiger partial charge in [0.15, 0.2) is 18.2 Å².